The molecule has 2 heterocycles. The smallest absolute Gasteiger partial charge is 0.410 e. The summed E-state index contributed by atoms with van der Waals surface area (Å²) in [6, 6.07) is 16.3. The van der Waals surface area contributed by atoms with Crippen LogP contribution in [0.5, 0.6) is 0 Å². The van der Waals surface area contributed by atoms with Crippen molar-refractivity contribution in [3.05, 3.63) is 71.3 Å². The molecule has 0 saturated carbocycles. The molecule has 2 fully saturated rings. The van der Waals surface area contributed by atoms with Crippen LogP contribution in [-0.2, 0) is 14.9 Å². The fraction of sp³-hybridized carbons (Fsp3) is 0.400. The zero-order valence-corrected chi connectivity index (χ0v) is 18.3. The molecule has 2 aliphatic heterocycles. The van der Waals surface area contributed by atoms with Crippen LogP contribution in [-0.4, -0.2) is 71.7 Å². The standard InChI is InChI=1S/C25H27N3O5/c29-20(16-28-14-15-33-24(28)32)27-12-10-25(11-13-27)19-9-5-4-8-18(19)21(22(25)30)26-23(31)17-6-2-1-3-7-17/h1-9,21-22,30H,10-16H2,(H,26,31)/t21-,22+/m0/s1. The van der Waals surface area contributed by atoms with Crippen LogP contribution in [0.1, 0.15) is 40.4 Å². The number of rotatable bonds is 4. The number of likely N-dealkylation sites (tertiary alicyclic amines) is 1. The molecule has 1 aliphatic carbocycles. The predicted octanol–water partition coefficient (Wildman–Crippen LogP) is 1.84. The first-order chi connectivity index (χ1) is 16.0. The number of carbonyl (C=O) groups excluding carboxylic acids is 3. The summed E-state index contributed by atoms with van der Waals surface area (Å²) in [7, 11) is 0. The molecule has 0 bridgehead atoms. The highest BCUT2D eigenvalue weighted by molar-refractivity contribution is 5.94. The van der Waals surface area contributed by atoms with Gasteiger partial charge in [0, 0.05) is 24.1 Å². The number of nitrogens with zero attached hydrogens (tertiary/aromatic N) is 2. The lowest BCUT2D eigenvalue weighted by Crippen LogP contribution is -2.52. The minimum atomic E-state index is -0.798. The van der Waals surface area contributed by atoms with Crippen molar-refractivity contribution >= 4 is 17.9 Å². The van der Waals surface area contributed by atoms with Gasteiger partial charge in [0.1, 0.15) is 13.2 Å². The second-order valence-corrected chi connectivity index (χ2v) is 8.92. The lowest BCUT2D eigenvalue weighted by molar-refractivity contribution is -0.134. The number of fused-ring (bicyclic) bond motifs is 2. The van der Waals surface area contributed by atoms with E-state index in [9.17, 15) is 19.5 Å². The van der Waals surface area contributed by atoms with E-state index in [1.807, 2.05) is 42.5 Å². The van der Waals surface area contributed by atoms with Crippen molar-refractivity contribution in [2.24, 2.45) is 0 Å². The van der Waals surface area contributed by atoms with Gasteiger partial charge in [-0.25, -0.2) is 4.79 Å². The minimum absolute atomic E-state index is 0.0146. The van der Waals surface area contributed by atoms with Gasteiger partial charge in [-0.15, -0.1) is 0 Å². The van der Waals surface area contributed by atoms with Crippen molar-refractivity contribution in [1.82, 2.24) is 15.1 Å². The van der Waals surface area contributed by atoms with E-state index in [1.54, 1.807) is 17.0 Å². The number of ether oxygens (including phenoxy) is 1. The average Bonchev–Trinajstić information content (AvgIpc) is 3.35. The van der Waals surface area contributed by atoms with Crippen molar-refractivity contribution in [1.29, 1.82) is 0 Å². The number of cyclic esters (lactones) is 1. The van der Waals surface area contributed by atoms with Crippen molar-refractivity contribution in [3.8, 4) is 0 Å². The topological polar surface area (TPSA) is 99.2 Å². The molecule has 0 radical (unpaired) electrons. The Morgan fingerprint density at radius 1 is 1.03 bits per heavy atom. The molecule has 0 aromatic heterocycles. The zero-order valence-electron chi connectivity index (χ0n) is 18.3. The Bertz CT molecular complexity index is 1060. The summed E-state index contributed by atoms with van der Waals surface area (Å²) in [4.78, 5) is 40.4. The van der Waals surface area contributed by atoms with Gasteiger partial charge < -0.3 is 20.1 Å². The van der Waals surface area contributed by atoms with E-state index >= 15 is 0 Å². The van der Waals surface area contributed by atoms with Gasteiger partial charge in [-0.2, -0.15) is 0 Å². The third kappa shape index (κ3) is 3.74. The van der Waals surface area contributed by atoms with Gasteiger partial charge in [-0.3, -0.25) is 14.5 Å². The van der Waals surface area contributed by atoms with E-state index in [2.05, 4.69) is 5.32 Å². The number of hydrogen-bond donors (Lipinski definition) is 2. The highest BCUT2D eigenvalue weighted by Crippen LogP contribution is 2.51. The fourth-order valence-electron chi connectivity index (χ4n) is 5.39. The molecule has 2 aromatic carbocycles. The van der Waals surface area contributed by atoms with E-state index in [0.29, 0.717) is 44.6 Å². The number of benzene rings is 2. The largest absolute Gasteiger partial charge is 0.448 e. The summed E-state index contributed by atoms with van der Waals surface area (Å²) >= 11 is 0. The van der Waals surface area contributed by atoms with Gasteiger partial charge in [-0.1, -0.05) is 42.5 Å². The van der Waals surface area contributed by atoms with Crippen LogP contribution in [0.2, 0.25) is 0 Å². The van der Waals surface area contributed by atoms with E-state index in [0.717, 1.165) is 11.1 Å². The summed E-state index contributed by atoms with van der Waals surface area (Å²) < 4.78 is 4.91. The van der Waals surface area contributed by atoms with Gasteiger partial charge in [0.25, 0.3) is 5.91 Å². The molecular weight excluding hydrogens is 422 g/mol. The minimum Gasteiger partial charge on any atom is -0.448 e. The van der Waals surface area contributed by atoms with Crippen molar-refractivity contribution in [2.75, 3.05) is 32.8 Å². The molecular formula is C25H27N3O5. The molecule has 2 aromatic rings. The third-order valence-corrected chi connectivity index (χ3v) is 7.22. The van der Waals surface area contributed by atoms with E-state index in [1.165, 1.54) is 4.90 Å². The van der Waals surface area contributed by atoms with E-state index in [-0.39, 0.29) is 18.4 Å². The first-order valence-corrected chi connectivity index (χ1v) is 11.3. The summed E-state index contributed by atoms with van der Waals surface area (Å²) in [5, 5.41) is 14.5. The highest BCUT2D eigenvalue weighted by atomic mass is 16.6. The lowest BCUT2D eigenvalue weighted by atomic mass is 9.72. The summed E-state index contributed by atoms with van der Waals surface area (Å²) in [5.74, 6) is -0.338. The van der Waals surface area contributed by atoms with Crippen LogP contribution in [0.15, 0.2) is 54.6 Å². The number of carbonyl (C=O) groups is 3. The molecule has 3 amide bonds. The maximum atomic E-state index is 12.8. The van der Waals surface area contributed by atoms with Gasteiger partial charge >= 0.3 is 6.09 Å². The maximum absolute atomic E-state index is 12.8. The maximum Gasteiger partial charge on any atom is 0.410 e. The van der Waals surface area contributed by atoms with Gasteiger partial charge in [0.2, 0.25) is 5.91 Å². The SMILES string of the molecule is O=C(N[C@H]1c2ccccc2C2(CCN(C(=O)CN3CCOC3=O)CC2)[C@@H]1O)c1ccccc1. The van der Waals surface area contributed by atoms with Gasteiger partial charge in [-0.05, 0) is 36.1 Å². The van der Waals surface area contributed by atoms with Crippen LogP contribution >= 0.6 is 0 Å². The molecule has 8 heteroatoms. The summed E-state index contributed by atoms with van der Waals surface area (Å²) in [5.41, 5.74) is 1.97. The molecule has 5 rings (SSSR count). The highest BCUT2D eigenvalue weighted by Gasteiger charge is 2.53. The number of piperidine rings is 1. The summed E-state index contributed by atoms with van der Waals surface area (Å²) in [6.07, 6.45) is -0.0830. The Kier molecular flexibility index (Phi) is 5.54. The number of amides is 3. The Hall–Kier alpha value is -3.39. The first-order valence-electron chi connectivity index (χ1n) is 11.3. The second-order valence-electron chi connectivity index (χ2n) is 8.92. The van der Waals surface area contributed by atoms with Crippen molar-refractivity contribution < 1.29 is 24.2 Å². The molecule has 0 unspecified atom stereocenters. The van der Waals surface area contributed by atoms with Crippen molar-refractivity contribution in [3.63, 3.8) is 0 Å². The lowest BCUT2D eigenvalue weighted by Gasteiger charge is -2.43. The second kappa shape index (κ2) is 8.51. The Morgan fingerprint density at radius 2 is 1.73 bits per heavy atom. The van der Waals surface area contributed by atoms with Crippen LogP contribution in [0, 0.1) is 0 Å². The normalized spacial score (nSPS) is 23.4. The fourth-order valence-corrected chi connectivity index (χ4v) is 5.39. The van der Waals surface area contributed by atoms with Crippen LogP contribution in [0.4, 0.5) is 4.79 Å². The molecule has 3 aliphatic rings. The van der Waals surface area contributed by atoms with Gasteiger partial charge in [0.05, 0.1) is 18.7 Å². The molecule has 172 valence electrons. The van der Waals surface area contributed by atoms with E-state index in [4.69, 9.17) is 4.74 Å². The Balaban J connectivity index is 1.32. The van der Waals surface area contributed by atoms with Gasteiger partial charge in [0.15, 0.2) is 0 Å². The number of aliphatic hydroxyl groups is 1. The zero-order chi connectivity index (χ0) is 23.0. The third-order valence-electron chi connectivity index (χ3n) is 7.22. The quantitative estimate of drug-likeness (QED) is 0.742. The van der Waals surface area contributed by atoms with Crippen molar-refractivity contribution in [2.45, 2.75) is 30.4 Å². The molecule has 8 nitrogen and oxygen atoms in total. The monoisotopic (exact) mass is 449 g/mol. The average molecular weight is 450 g/mol. The number of hydrogen-bond acceptors (Lipinski definition) is 5. The summed E-state index contributed by atoms with van der Waals surface area (Å²) in [6.45, 7) is 1.71. The molecule has 2 saturated heterocycles. The molecule has 2 N–H and O–H groups in total. The predicted molar refractivity (Wildman–Crippen MR) is 120 cm³/mol. The molecule has 2 atom stereocenters. The molecule has 33 heavy (non-hydrogen) atoms. The number of nitrogens with one attached hydrogen (secondary N) is 1. The van der Waals surface area contributed by atoms with Crippen LogP contribution < -0.4 is 5.32 Å². The van der Waals surface area contributed by atoms with Crippen LogP contribution in [0.25, 0.3) is 0 Å². The first kappa shape index (κ1) is 21.5. The molecule has 1 spiro atoms. The Morgan fingerprint density at radius 3 is 2.42 bits per heavy atom. The van der Waals surface area contributed by atoms with E-state index < -0.39 is 23.7 Å². The Labute approximate surface area is 192 Å². The number of aliphatic hydroxyl groups excluding tert-OH is 1. The van der Waals surface area contributed by atoms with Crippen LogP contribution in [0.3, 0.4) is 0 Å².